The molecule has 0 radical (unpaired) electrons. The van der Waals surface area contributed by atoms with E-state index in [0.717, 1.165) is 12.1 Å². The second-order valence-electron chi connectivity index (χ2n) is 6.36. The van der Waals surface area contributed by atoms with Crippen molar-refractivity contribution >= 4 is 17.3 Å². The number of oxazole rings is 1. The number of aromatic nitrogens is 1. The monoisotopic (exact) mass is 389 g/mol. The van der Waals surface area contributed by atoms with Crippen LogP contribution in [0, 0.1) is 17.5 Å². The maximum absolute atomic E-state index is 14.0. The van der Waals surface area contributed by atoms with E-state index in [9.17, 15) is 18.0 Å². The number of rotatable bonds is 6. The van der Waals surface area contributed by atoms with Crippen molar-refractivity contribution in [2.75, 3.05) is 24.3 Å². The summed E-state index contributed by atoms with van der Waals surface area (Å²) in [5.41, 5.74) is 0.521. The first-order chi connectivity index (χ1) is 13.3. The van der Waals surface area contributed by atoms with E-state index in [-0.39, 0.29) is 30.0 Å². The Morgan fingerprint density at radius 3 is 2.36 bits per heavy atom. The Kier molecular flexibility index (Phi) is 5.67. The first-order valence-electron chi connectivity index (χ1n) is 8.50. The fourth-order valence-corrected chi connectivity index (χ4v) is 2.68. The molecule has 0 fully saturated rings. The molecule has 5 nitrogen and oxygen atoms in total. The minimum Gasteiger partial charge on any atom is -0.441 e. The SMILES string of the molecule is CN(C)c1c(F)cc(NC(=O)CCc2ncc(-c3ccc(F)cc3)o2)cc1F. The summed E-state index contributed by atoms with van der Waals surface area (Å²) in [5, 5.41) is 2.46. The van der Waals surface area contributed by atoms with Crippen LogP contribution in [0.3, 0.4) is 0 Å². The Morgan fingerprint density at radius 2 is 1.75 bits per heavy atom. The normalized spacial score (nSPS) is 10.8. The van der Waals surface area contributed by atoms with E-state index in [1.165, 1.54) is 37.3 Å². The Hall–Kier alpha value is -3.29. The second kappa shape index (κ2) is 8.16. The van der Waals surface area contributed by atoms with Crippen LogP contribution >= 0.6 is 0 Å². The smallest absolute Gasteiger partial charge is 0.224 e. The molecule has 1 amide bonds. The Morgan fingerprint density at radius 1 is 1.11 bits per heavy atom. The quantitative estimate of drug-likeness (QED) is 0.679. The standard InChI is InChI=1S/C20H18F3N3O2/c1-26(2)20-15(22)9-14(10-16(20)23)25-18(27)7-8-19-24-11-17(28-19)12-3-5-13(21)6-4-12/h3-6,9-11H,7-8H2,1-2H3,(H,25,27). The fourth-order valence-electron chi connectivity index (χ4n) is 2.68. The number of carbonyl (C=O) groups is 1. The van der Waals surface area contributed by atoms with E-state index in [2.05, 4.69) is 10.3 Å². The molecule has 0 aliphatic carbocycles. The zero-order valence-electron chi connectivity index (χ0n) is 15.3. The van der Waals surface area contributed by atoms with Crippen LogP contribution in [-0.4, -0.2) is 25.0 Å². The van der Waals surface area contributed by atoms with Gasteiger partial charge in [-0.1, -0.05) is 0 Å². The molecule has 0 aliphatic heterocycles. The lowest BCUT2D eigenvalue weighted by Crippen LogP contribution is -2.16. The van der Waals surface area contributed by atoms with Crippen molar-refractivity contribution in [3.05, 3.63) is 65.9 Å². The molecule has 0 saturated heterocycles. The average Bonchev–Trinajstić information content (AvgIpc) is 3.08. The Bertz CT molecular complexity index is 962. The molecule has 8 heteroatoms. The zero-order chi connectivity index (χ0) is 20.3. The van der Waals surface area contributed by atoms with Gasteiger partial charge in [0.1, 0.15) is 11.5 Å². The molecule has 2 aromatic carbocycles. The lowest BCUT2D eigenvalue weighted by atomic mass is 10.2. The predicted molar refractivity (Wildman–Crippen MR) is 99.5 cm³/mol. The van der Waals surface area contributed by atoms with Crippen LogP contribution in [0.4, 0.5) is 24.5 Å². The number of hydrogen-bond donors (Lipinski definition) is 1. The molecule has 146 valence electrons. The first-order valence-corrected chi connectivity index (χ1v) is 8.50. The zero-order valence-corrected chi connectivity index (χ0v) is 15.3. The maximum atomic E-state index is 14.0. The number of aryl methyl sites for hydroxylation is 1. The van der Waals surface area contributed by atoms with Crippen molar-refractivity contribution in [3.63, 3.8) is 0 Å². The first kappa shape index (κ1) is 19.5. The topological polar surface area (TPSA) is 58.4 Å². The highest BCUT2D eigenvalue weighted by Gasteiger charge is 2.15. The van der Waals surface area contributed by atoms with Crippen molar-refractivity contribution in [2.24, 2.45) is 0 Å². The largest absolute Gasteiger partial charge is 0.441 e. The maximum Gasteiger partial charge on any atom is 0.224 e. The van der Waals surface area contributed by atoms with Crippen molar-refractivity contribution in [1.29, 1.82) is 0 Å². The van der Waals surface area contributed by atoms with Gasteiger partial charge in [0.05, 0.1) is 6.20 Å². The van der Waals surface area contributed by atoms with Gasteiger partial charge in [0.15, 0.2) is 23.3 Å². The highest BCUT2D eigenvalue weighted by Crippen LogP contribution is 2.26. The molecular formula is C20H18F3N3O2. The van der Waals surface area contributed by atoms with Crippen LogP contribution in [0.25, 0.3) is 11.3 Å². The molecule has 3 rings (SSSR count). The van der Waals surface area contributed by atoms with Gasteiger partial charge < -0.3 is 14.6 Å². The molecule has 0 unspecified atom stereocenters. The van der Waals surface area contributed by atoms with Crippen molar-refractivity contribution in [1.82, 2.24) is 4.98 Å². The summed E-state index contributed by atoms with van der Waals surface area (Å²) < 4.78 is 46.5. The number of anilines is 2. The van der Waals surface area contributed by atoms with Gasteiger partial charge in [-0.25, -0.2) is 18.2 Å². The van der Waals surface area contributed by atoms with E-state index in [1.807, 2.05) is 0 Å². The molecule has 0 atom stereocenters. The van der Waals surface area contributed by atoms with E-state index < -0.39 is 17.5 Å². The van der Waals surface area contributed by atoms with Crippen molar-refractivity contribution in [3.8, 4) is 11.3 Å². The van der Waals surface area contributed by atoms with Crippen LogP contribution in [0.15, 0.2) is 47.0 Å². The number of halogens is 3. The average molecular weight is 389 g/mol. The van der Waals surface area contributed by atoms with Gasteiger partial charge in [0.2, 0.25) is 5.91 Å². The summed E-state index contributed by atoms with van der Waals surface area (Å²) in [6.45, 7) is 0. The molecular weight excluding hydrogens is 371 g/mol. The summed E-state index contributed by atoms with van der Waals surface area (Å²) >= 11 is 0. The molecule has 3 aromatic rings. The number of nitrogens with one attached hydrogen (secondary N) is 1. The third-order valence-corrected chi connectivity index (χ3v) is 4.00. The van der Waals surface area contributed by atoms with E-state index in [4.69, 9.17) is 4.42 Å². The Labute approximate surface area is 159 Å². The molecule has 0 saturated carbocycles. The summed E-state index contributed by atoms with van der Waals surface area (Å²) in [6.07, 6.45) is 1.71. The fraction of sp³-hybridized carbons (Fsp3) is 0.200. The molecule has 1 N–H and O–H groups in total. The molecule has 0 bridgehead atoms. The number of amides is 1. The summed E-state index contributed by atoms with van der Waals surface area (Å²) in [4.78, 5) is 17.5. The molecule has 1 heterocycles. The lowest BCUT2D eigenvalue weighted by molar-refractivity contribution is -0.116. The van der Waals surface area contributed by atoms with Gasteiger partial charge in [0, 0.05) is 38.2 Å². The molecule has 28 heavy (non-hydrogen) atoms. The van der Waals surface area contributed by atoms with Crippen LogP contribution < -0.4 is 10.2 Å². The van der Waals surface area contributed by atoms with Gasteiger partial charge in [-0.3, -0.25) is 4.79 Å². The van der Waals surface area contributed by atoms with Crippen LogP contribution in [-0.2, 0) is 11.2 Å². The van der Waals surface area contributed by atoms with Crippen molar-refractivity contribution < 1.29 is 22.4 Å². The summed E-state index contributed by atoms with van der Waals surface area (Å²) in [5.74, 6) is -1.54. The van der Waals surface area contributed by atoms with E-state index in [0.29, 0.717) is 17.2 Å². The summed E-state index contributed by atoms with van der Waals surface area (Å²) in [7, 11) is 3.05. The minimum atomic E-state index is -0.767. The van der Waals surface area contributed by atoms with Gasteiger partial charge >= 0.3 is 0 Å². The van der Waals surface area contributed by atoms with Crippen molar-refractivity contribution in [2.45, 2.75) is 12.8 Å². The minimum absolute atomic E-state index is 0.0159. The predicted octanol–water partition coefficient (Wildman–Crippen LogP) is 4.40. The molecule has 0 aliphatic rings. The van der Waals surface area contributed by atoms with Crippen LogP contribution in [0.5, 0.6) is 0 Å². The number of benzene rings is 2. The van der Waals surface area contributed by atoms with Gasteiger partial charge in [-0.2, -0.15) is 0 Å². The van der Waals surface area contributed by atoms with Gasteiger partial charge in [0.25, 0.3) is 0 Å². The number of hydrogen-bond acceptors (Lipinski definition) is 4. The second-order valence-corrected chi connectivity index (χ2v) is 6.36. The third kappa shape index (κ3) is 4.51. The van der Waals surface area contributed by atoms with E-state index in [1.54, 1.807) is 12.1 Å². The lowest BCUT2D eigenvalue weighted by Gasteiger charge is -2.15. The number of nitrogens with zero attached hydrogens (tertiary/aromatic N) is 2. The highest BCUT2D eigenvalue weighted by atomic mass is 19.1. The Balaban J connectivity index is 1.60. The molecule has 1 aromatic heterocycles. The van der Waals surface area contributed by atoms with Gasteiger partial charge in [-0.05, 0) is 36.4 Å². The number of carbonyl (C=O) groups excluding carboxylic acids is 1. The van der Waals surface area contributed by atoms with Gasteiger partial charge in [-0.15, -0.1) is 0 Å². The van der Waals surface area contributed by atoms with E-state index >= 15 is 0 Å². The highest BCUT2D eigenvalue weighted by molar-refractivity contribution is 5.91. The van der Waals surface area contributed by atoms with Crippen LogP contribution in [0.2, 0.25) is 0 Å². The third-order valence-electron chi connectivity index (χ3n) is 4.00. The van der Waals surface area contributed by atoms with Crippen LogP contribution in [0.1, 0.15) is 12.3 Å². The molecule has 0 spiro atoms. The summed E-state index contributed by atoms with van der Waals surface area (Å²) in [6, 6.07) is 7.87.